The number of carboxylic acid groups (broad SMARTS) is 2. The van der Waals surface area contributed by atoms with Gasteiger partial charge in [0.1, 0.15) is 5.75 Å². The van der Waals surface area contributed by atoms with Crippen molar-refractivity contribution in [3.63, 3.8) is 0 Å². The first-order chi connectivity index (χ1) is 9.01. The minimum atomic E-state index is -1.82. The van der Waals surface area contributed by atoms with Gasteiger partial charge in [0.15, 0.2) is 0 Å². The van der Waals surface area contributed by atoms with Crippen molar-refractivity contribution in [3.8, 4) is 5.75 Å². The normalized spacial score (nSPS) is 8.95. The third kappa shape index (κ3) is 8.44. The number of ether oxygens (including phenoxy) is 1. The van der Waals surface area contributed by atoms with Crippen LogP contribution in [0.2, 0.25) is 0 Å². The van der Waals surface area contributed by atoms with Gasteiger partial charge in [0.25, 0.3) is 0 Å². The molecule has 0 aliphatic rings. The van der Waals surface area contributed by atoms with Crippen LogP contribution in [0.5, 0.6) is 5.75 Å². The molecule has 0 aromatic heterocycles. The highest BCUT2D eigenvalue weighted by molar-refractivity contribution is 6.27. The number of hydrazine groups is 1. The van der Waals surface area contributed by atoms with E-state index in [1.807, 2.05) is 24.3 Å². The quantitative estimate of drug-likeness (QED) is 0.275. The fourth-order valence-corrected chi connectivity index (χ4v) is 0.982. The molecule has 0 aliphatic carbocycles. The number of anilines is 1. The lowest BCUT2D eigenvalue weighted by Crippen LogP contribution is -2.09. The standard InChI is InChI=1S/C10H16N2O.C2H2O4/c1-2-3-8-13-10-6-4-9(12-11)5-7-10;3-1(4)2(5)6/h4-7,12H,2-3,8,11H2,1H3;(H,3,4)(H,5,6). The van der Waals surface area contributed by atoms with Gasteiger partial charge in [-0.15, -0.1) is 0 Å². The van der Waals surface area contributed by atoms with E-state index in [0.29, 0.717) is 0 Å². The van der Waals surface area contributed by atoms with Crippen molar-refractivity contribution in [3.05, 3.63) is 24.3 Å². The summed E-state index contributed by atoms with van der Waals surface area (Å²) in [4.78, 5) is 18.2. The predicted molar refractivity (Wildman–Crippen MR) is 69.9 cm³/mol. The number of benzene rings is 1. The van der Waals surface area contributed by atoms with Gasteiger partial charge in [0, 0.05) is 5.69 Å². The summed E-state index contributed by atoms with van der Waals surface area (Å²) in [6.45, 7) is 2.93. The number of nitrogens with one attached hydrogen (secondary N) is 1. The summed E-state index contributed by atoms with van der Waals surface area (Å²) in [6, 6.07) is 7.60. The Morgan fingerprint density at radius 2 is 1.74 bits per heavy atom. The van der Waals surface area contributed by atoms with E-state index in [0.717, 1.165) is 30.9 Å². The molecule has 0 amide bonds. The van der Waals surface area contributed by atoms with Crippen LogP contribution >= 0.6 is 0 Å². The molecule has 0 bridgehead atoms. The van der Waals surface area contributed by atoms with Crippen molar-refractivity contribution in [2.45, 2.75) is 19.8 Å². The second kappa shape index (κ2) is 9.72. The van der Waals surface area contributed by atoms with Gasteiger partial charge in [-0.25, -0.2) is 9.59 Å². The Labute approximate surface area is 111 Å². The molecule has 0 atom stereocenters. The molecule has 1 rings (SSSR count). The molecule has 7 nitrogen and oxygen atoms in total. The number of nitrogen functional groups attached to an aromatic ring is 1. The minimum Gasteiger partial charge on any atom is -0.494 e. The summed E-state index contributed by atoms with van der Waals surface area (Å²) < 4.78 is 5.48. The van der Waals surface area contributed by atoms with Crippen molar-refractivity contribution in [2.75, 3.05) is 12.0 Å². The molecular formula is C12H18N2O5. The highest BCUT2D eigenvalue weighted by Crippen LogP contribution is 2.14. The average molecular weight is 270 g/mol. The van der Waals surface area contributed by atoms with E-state index in [2.05, 4.69) is 12.3 Å². The van der Waals surface area contributed by atoms with Crippen LogP contribution in [-0.4, -0.2) is 28.8 Å². The number of carbonyl (C=O) groups is 2. The maximum atomic E-state index is 9.10. The summed E-state index contributed by atoms with van der Waals surface area (Å²) in [5, 5.41) is 14.8. The number of nitrogens with two attached hydrogens (primary N) is 1. The average Bonchev–Trinajstić information content (AvgIpc) is 2.40. The molecule has 0 saturated heterocycles. The Morgan fingerprint density at radius 1 is 1.21 bits per heavy atom. The lowest BCUT2D eigenvalue weighted by Gasteiger charge is -2.05. The SMILES string of the molecule is CCCCOc1ccc(NN)cc1.O=C(O)C(=O)O. The first kappa shape index (κ1) is 16.7. The summed E-state index contributed by atoms with van der Waals surface area (Å²) >= 11 is 0. The van der Waals surface area contributed by atoms with E-state index in [1.54, 1.807) is 0 Å². The number of hydrogen-bond acceptors (Lipinski definition) is 5. The third-order valence-corrected chi connectivity index (χ3v) is 1.97. The Kier molecular flexibility index (Phi) is 8.55. The zero-order valence-electron chi connectivity index (χ0n) is 10.6. The lowest BCUT2D eigenvalue weighted by atomic mass is 10.3. The van der Waals surface area contributed by atoms with Crippen molar-refractivity contribution < 1.29 is 24.5 Å². The van der Waals surface area contributed by atoms with Crippen LogP contribution in [0.3, 0.4) is 0 Å². The van der Waals surface area contributed by atoms with E-state index < -0.39 is 11.9 Å². The molecule has 7 heteroatoms. The van der Waals surface area contributed by atoms with Gasteiger partial charge in [-0.3, -0.25) is 5.84 Å². The molecule has 0 radical (unpaired) electrons. The van der Waals surface area contributed by atoms with Crippen LogP contribution in [0.15, 0.2) is 24.3 Å². The summed E-state index contributed by atoms with van der Waals surface area (Å²) in [5.74, 6) is 2.48. The number of carboxylic acids is 2. The van der Waals surface area contributed by atoms with Gasteiger partial charge in [0.05, 0.1) is 6.61 Å². The molecule has 0 heterocycles. The van der Waals surface area contributed by atoms with Gasteiger partial charge in [-0.1, -0.05) is 13.3 Å². The molecule has 1 aromatic rings. The topological polar surface area (TPSA) is 122 Å². The molecule has 0 spiro atoms. The molecule has 0 saturated carbocycles. The van der Waals surface area contributed by atoms with Gasteiger partial charge in [-0.2, -0.15) is 0 Å². The summed E-state index contributed by atoms with van der Waals surface area (Å²) in [5.41, 5.74) is 3.46. The highest BCUT2D eigenvalue weighted by Gasteiger charge is 2.04. The second-order valence-electron chi connectivity index (χ2n) is 3.48. The van der Waals surface area contributed by atoms with Gasteiger partial charge in [0.2, 0.25) is 0 Å². The molecular weight excluding hydrogens is 252 g/mol. The van der Waals surface area contributed by atoms with Crippen LogP contribution in [-0.2, 0) is 9.59 Å². The third-order valence-electron chi connectivity index (χ3n) is 1.97. The maximum Gasteiger partial charge on any atom is 0.414 e. The summed E-state index contributed by atoms with van der Waals surface area (Å²) in [6.07, 6.45) is 2.25. The Balaban J connectivity index is 0.000000459. The smallest absolute Gasteiger partial charge is 0.414 e. The van der Waals surface area contributed by atoms with E-state index >= 15 is 0 Å². The van der Waals surface area contributed by atoms with Crippen LogP contribution in [0.25, 0.3) is 0 Å². The predicted octanol–water partition coefficient (Wildman–Crippen LogP) is 1.31. The maximum absolute atomic E-state index is 9.10. The van der Waals surface area contributed by atoms with Crippen LogP contribution < -0.4 is 16.0 Å². The number of rotatable bonds is 5. The molecule has 19 heavy (non-hydrogen) atoms. The van der Waals surface area contributed by atoms with Crippen molar-refractivity contribution in [1.82, 2.24) is 0 Å². The Bertz CT molecular complexity index is 380. The van der Waals surface area contributed by atoms with E-state index in [-0.39, 0.29) is 0 Å². The second-order valence-corrected chi connectivity index (χ2v) is 3.48. The van der Waals surface area contributed by atoms with Crippen LogP contribution in [0.4, 0.5) is 5.69 Å². The fourth-order valence-electron chi connectivity index (χ4n) is 0.982. The fraction of sp³-hybridized carbons (Fsp3) is 0.333. The van der Waals surface area contributed by atoms with Crippen molar-refractivity contribution in [1.29, 1.82) is 0 Å². The molecule has 1 aromatic carbocycles. The monoisotopic (exact) mass is 270 g/mol. The van der Waals surface area contributed by atoms with Gasteiger partial charge in [-0.05, 0) is 30.7 Å². The lowest BCUT2D eigenvalue weighted by molar-refractivity contribution is -0.159. The van der Waals surface area contributed by atoms with Crippen molar-refractivity contribution >= 4 is 17.6 Å². The number of hydrogen-bond donors (Lipinski definition) is 4. The zero-order chi connectivity index (χ0) is 14.7. The van der Waals surface area contributed by atoms with Crippen molar-refractivity contribution in [2.24, 2.45) is 5.84 Å². The highest BCUT2D eigenvalue weighted by atomic mass is 16.5. The molecule has 0 aliphatic heterocycles. The Hall–Kier alpha value is -2.28. The van der Waals surface area contributed by atoms with Gasteiger partial charge < -0.3 is 20.4 Å². The first-order valence-electron chi connectivity index (χ1n) is 5.67. The van der Waals surface area contributed by atoms with E-state index in [1.165, 1.54) is 0 Å². The first-order valence-corrected chi connectivity index (χ1v) is 5.67. The number of unbranched alkanes of at least 4 members (excludes halogenated alkanes) is 1. The van der Waals surface area contributed by atoms with Gasteiger partial charge >= 0.3 is 11.9 Å². The van der Waals surface area contributed by atoms with E-state index in [4.69, 9.17) is 30.4 Å². The zero-order valence-corrected chi connectivity index (χ0v) is 10.6. The van der Waals surface area contributed by atoms with Crippen LogP contribution in [0.1, 0.15) is 19.8 Å². The minimum absolute atomic E-state index is 0.784. The Morgan fingerprint density at radius 3 is 2.11 bits per heavy atom. The largest absolute Gasteiger partial charge is 0.494 e. The molecule has 5 N–H and O–H groups in total. The molecule has 106 valence electrons. The van der Waals surface area contributed by atoms with E-state index in [9.17, 15) is 0 Å². The molecule has 0 unspecified atom stereocenters. The van der Waals surface area contributed by atoms with Crippen LogP contribution in [0, 0.1) is 0 Å². The summed E-state index contributed by atoms with van der Waals surface area (Å²) in [7, 11) is 0. The molecule has 0 fully saturated rings. The number of aliphatic carboxylic acids is 2.